The molecule has 0 atom stereocenters. The number of rotatable bonds is 4. The molecule has 7 nitrogen and oxygen atoms in total. The fraction of sp³-hybridized carbons (Fsp3) is 0.533. The van der Waals surface area contributed by atoms with E-state index < -0.39 is 11.6 Å². The van der Waals surface area contributed by atoms with E-state index in [4.69, 9.17) is 19.3 Å². The number of fused-ring (bicyclic) bond motifs is 1. The van der Waals surface area contributed by atoms with Gasteiger partial charge in [-0.05, 0) is 18.9 Å². The van der Waals surface area contributed by atoms with Gasteiger partial charge in [0.1, 0.15) is 5.75 Å². The molecule has 0 unspecified atom stereocenters. The number of aliphatic hydroxyl groups is 1. The molecule has 0 amide bonds. The number of likely N-dealkylation sites (tertiary alicyclic amines) is 1. The summed E-state index contributed by atoms with van der Waals surface area (Å²) in [6.07, 6.45) is 0.435. The van der Waals surface area contributed by atoms with Gasteiger partial charge in [0.25, 0.3) is 0 Å². The number of methoxy groups -OCH3 is 1. The van der Waals surface area contributed by atoms with Crippen molar-refractivity contribution in [2.75, 3.05) is 27.0 Å². The summed E-state index contributed by atoms with van der Waals surface area (Å²) in [5, 5.41) is 19.0. The van der Waals surface area contributed by atoms with Crippen molar-refractivity contribution < 1.29 is 29.2 Å². The molecule has 1 aromatic carbocycles. The van der Waals surface area contributed by atoms with Crippen molar-refractivity contribution in [2.45, 2.75) is 25.0 Å². The monoisotopic (exact) mass is 309 g/mol. The summed E-state index contributed by atoms with van der Waals surface area (Å²) < 4.78 is 16.1. The van der Waals surface area contributed by atoms with Crippen LogP contribution in [0.4, 0.5) is 0 Å². The Morgan fingerprint density at radius 2 is 1.95 bits per heavy atom. The molecular weight excluding hydrogens is 290 g/mol. The Bertz CT molecular complexity index is 580. The molecule has 3 rings (SSSR count). The van der Waals surface area contributed by atoms with Crippen LogP contribution in [0, 0.1) is 0 Å². The van der Waals surface area contributed by atoms with E-state index in [1.54, 1.807) is 13.2 Å². The minimum absolute atomic E-state index is 0.206. The first-order valence-corrected chi connectivity index (χ1v) is 7.16. The SMILES string of the molecule is COc1cc2c(cc1CN1CCC(O)(C(=O)O)CC1)OCO2. The fourth-order valence-corrected chi connectivity index (χ4v) is 2.81. The van der Waals surface area contributed by atoms with E-state index in [-0.39, 0.29) is 19.6 Å². The van der Waals surface area contributed by atoms with Crippen LogP contribution in [-0.4, -0.2) is 53.7 Å². The van der Waals surface area contributed by atoms with Crippen molar-refractivity contribution >= 4 is 5.97 Å². The van der Waals surface area contributed by atoms with E-state index in [1.807, 2.05) is 6.07 Å². The van der Waals surface area contributed by atoms with E-state index in [0.717, 1.165) is 5.56 Å². The average molecular weight is 309 g/mol. The number of carbonyl (C=O) groups is 1. The van der Waals surface area contributed by atoms with Gasteiger partial charge in [-0.25, -0.2) is 4.79 Å². The summed E-state index contributed by atoms with van der Waals surface area (Å²) in [6.45, 7) is 1.84. The first kappa shape index (κ1) is 14.9. The highest BCUT2D eigenvalue weighted by Crippen LogP contribution is 2.38. The molecule has 0 bridgehead atoms. The minimum atomic E-state index is -1.60. The summed E-state index contributed by atoms with van der Waals surface area (Å²) in [4.78, 5) is 13.1. The number of benzene rings is 1. The van der Waals surface area contributed by atoms with Crippen molar-refractivity contribution in [3.8, 4) is 17.2 Å². The molecule has 1 saturated heterocycles. The molecule has 0 radical (unpaired) electrons. The second kappa shape index (κ2) is 5.66. The van der Waals surface area contributed by atoms with Gasteiger partial charge >= 0.3 is 5.97 Å². The van der Waals surface area contributed by atoms with E-state index in [0.29, 0.717) is 36.9 Å². The Kier molecular flexibility index (Phi) is 3.84. The van der Waals surface area contributed by atoms with Crippen LogP contribution in [-0.2, 0) is 11.3 Å². The van der Waals surface area contributed by atoms with Crippen LogP contribution >= 0.6 is 0 Å². The zero-order valence-electron chi connectivity index (χ0n) is 12.4. The number of hydrogen-bond acceptors (Lipinski definition) is 6. The molecule has 22 heavy (non-hydrogen) atoms. The van der Waals surface area contributed by atoms with Gasteiger partial charge in [-0.2, -0.15) is 0 Å². The zero-order chi connectivity index (χ0) is 15.7. The number of carboxylic acids is 1. The average Bonchev–Trinajstić information content (AvgIpc) is 2.96. The molecule has 0 aromatic heterocycles. The van der Waals surface area contributed by atoms with Gasteiger partial charge in [0.15, 0.2) is 17.1 Å². The third-order valence-electron chi connectivity index (χ3n) is 4.25. The van der Waals surface area contributed by atoms with Crippen molar-refractivity contribution in [1.29, 1.82) is 0 Å². The van der Waals surface area contributed by atoms with Crippen LogP contribution in [0.2, 0.25) is 0 Å². The first-order chi connectivity index (χ1) is 10.5. The van der Waals surface area contributed by atoms with E-state index in [1.165, 1.54) is 0 Å². The predicted molar refractivity (Wildman–Crippen MR) is 76.2 cm³/mol. The van der Waals surface area contributed by atoms with Crippen LogP contribution in [0.1, 0.15) is 18.4 Å². The molecule has 2 aliphatic rings. The van der Waals surface area contributed by atoms with Gasteiger partial charge in [-0.3, -0.25) is 4.90 Å². The van der Waals surface area contributed by atoms with Crippen LogP contribution in [0.15, 0.2) is 12.1 Å². The van der Waals surface area contributed by atoms with E-state index in [2.05, 4.69) is 4.90 Å². The molecule has 0 saturated carbocycles. The van der Waals surface area contributed by atoms with Gasteiger partial charge in [0.2, 0.25) is 6.79 Å². The maximum atomic E-state index is 11.1. The lowest BCUT2D eigenvalue weighted by Crippen LogP contribution is -2.49. The number of piperidine rings is 1. The highest BCUT2D eigenvalue weighted by Gasteiger charge is 2.39. The second-order valence-electron chi connectivity index (χ2n) is 5.63. The Hall–Kier alpha value is -1.99. The van der Waals surface area contributed by atoms with Crippen molar-refractivity contribution in [2.24, 2.45) is 0 Å². The number of ether oxygens (including phenoxy) is 3. The standard InChI is InChI=1S/C15H19NO6/c1-20-11-7-13-12(21-9-22-13)6-10(11)8-16-4-2-15(19,3-5-16)14(17)18/h6-7,19H,2-5,8-9H2,1H3,(H,17,18). The smallest absolute Gasteiger partial charge is 0.335 e. The lowest BCUT2D eigenvalue weighted by molar-refractivity contribution is -0.163. The summed E-state index contributed by atoms with van der Waals surface area (Å²) >= 11 is 0. The zero-order valence-corrected chi connectivity index (χ0v) is 12.4. The maximum Gasteiger partial charge on any atom is 0.335 e. The van der Waals surface area contributed by atoms with Crippen LogP contribution in [0.3, 0.4) is 0 Å². The fourth-order valence-electron chi connectivity index (χ4n) is 2.81. The summed E-state index contributed by atoms with van der Waals surface area (Å²) in [5.41, 5.74) is -0.650. The molecule has 2 N–H and O–H groups in total. The van der Waals surface area contributed by atoms with E-state index >= 15 is 0 Å². The van der Waals surface area contributed by atoms with Gasteiger partial charge in [-0.1, -0.05) is 0 Å². The molecule has 2 heterocycles. The quantitative estimate of drug-likeness (QED) is 0.852. The molecule has 1 aromatic rings. The normalized spacial score (nSPS) is 19.9. The third-order valence-corrected chi connectivity index (χ3v) is 4.25. The molecular formula is C15H19NO6. The minimum Gasteiger partial charge on any atom is -0.496 e. The van der Waals surface area contributed by atoms with Crippen molar-refractivity contribution in [3.63, 3.8) is 0 Å². The second-order valence-corrected chi connectivity index (χ2v) is 5.63. The first-order valence-electron chi connectivity index (χ1n) is 7.16. The van der Waals surface area contributed by atoms with Crippen molar-refractivity contribution in [1.82, 2.24) is 4.90 Å². The van der Waals surface area contributed by atoms with Crippen molar-refractivity contribution in [3.05, 3.63) is 17.7 Å². The largest absolute Gasteiger partial charge is 0.496 e. The highest BCUT2D eigenvalue weighted by atomic mass is 16.7. The Morgan fingerprint density at radius 1 is 1.32 bits per heavy atom. The summed E-state index contributed by atoms with van der Waals surface area (Å²) in [5.74, 6) is 0.922. The Labute approximate surface area is 128 Å². The number of hydrogen-bond donors (Lipinski definition) is 2. The molecule has 7 heteroatoms. The molecule has 2 aliphatic heterocycles. The van der Waals surface area contributed by atoms with Gasteiger partial charge in [0.05, 0.1) is 7.11 Å². The van der Waals surface area contributed by atoms with Crippen LogP contribution < -0.4 is 14.2 Å². The van der Waals surface area contributed by atoms with Crippen LogP contribution in [0.5, 0.6) is 17.2 Å². The van der Waals surface area contributed by atoms with Gasteiger partial charge in [-0.15, -0.1) is 0 Å². The van der Waals surface area contributed by atoms with Gasteiger partial charge < -0.3 is 24.4 Å². The van der Waals surface area contributed by atoms with Gasteiger partial charge in [0, 0.05) is 31.3 Å². The maximum absolute atomic E-state index is 11.1. The Balaban J connectivity index is 1.71. The lowest BCUT2D eigenvalue weighted by atomic mass is 9.91. The number of aliphatic carboxylic acids is 1. The summed E-state index contributed by atoms with van der Waals surface area (Å²) in [6, 6.07) is 3.69. The molecule has 1 fully saturated rings. The topological polar surface area (TPSA) is 88.5 Å². The Morgan fingerprint density at radius 3 is 2.55 bits per heavy atom. The lowest BCUT2D eigenvalue weighted by Gasteiger charge is -2.35. The third kappa shape index (κ3) is 2.69. The predicted octanol–water partition coefficient (Wildman–Crippen LogP) is 0.835. The van der Waals surface area contributed by atoms with E-state index in [9.17, 15) is 9.90 Å². The van der Waals surface area contributed by atoms with Crippen LogP contribution in [0.25, 0.3) is 0 Å². The highest BCUT2D eigenvalue weighted by molar-refractivity contribution is 5.77. The number of nitrogens with zero attached hydrogens (tertiary/aromatic N) is 1. The number of carboxylic acid groups (broad SMARTS) is 1. The summed E-state index contributed by atoms with van der Waals surface area (Å²) in [7, 11) is 1.60. The molecule has 0 aliphatic carbocycles. The molecule has 120 valence electrons. The molecule has 0 spiro atoms.